The van der Waals surface area contributed by atoms with Crippen molar-refractivity contribution in [3.8, 4) is 0 Å². The van der Waals surface area contributed by atoms with E-state index in [0.29, 0.717) is 10.7 Å². The number of halogens is 1. The molecular formula is C21H22BrN3OS. The molecule has 1 heterocycles. The Morgan fingerprint density at radius 2 is 1.67 bits per heavy atom. The Balaban J connectivity index is 2.02. The molecule has 3 N–H and O–H groups in total. The highest BCUT2D eigenvalue weighted by molar-refractivity contribution is 9.10. The molecule has 1 amide bonds. The monoisotopic (exact) mass is 443 g/mol. The van der Waals surface area contributed by atoms with Crippen LogP contribution in [0.2, 0.25) is 0 Å². The molecule has 27 heavy (non-hydrogen) atoms. The number of rotatable bonds is 3. The number of amides is 1. The van der Waals surface area contributed by atoms with Gasteiger partial charge in [-0.3, -0.25) is 4.79 Å². The summed E-state index contributed by atoms with van der Waals surface area (Å²) in [5, 5.41) is 9.89. The SMILES string of the molecule is CC1=C(C(=O)Nc2ccc(Br)cc2)[C@H](c2c(C)cc(C)cc2C)NC(=S)N1. The lowest BCUT2D eigenvalue weighted by Gasteiger charge is -2.32. The summed E-state index contributed by atoms with van der Waals surface area (Å²) in [6, 6.07) is 11.5. The Hall–Kier alpha value is -2.18. The Morgan fingerprint density at radius 3 is 2.26 bits per heavy atom. The summed E-state index contributed by atoms with van der Waals surface area (Å²) < 4.78 is 0.964. The molecule has 3 rings (SSSR count). The molecule has 6 heteroatoms. The maximum atomic E-state index is 13.1. The van der Waals surface area contributed by atoms with Crippen molar-refractivity contribution in [1.82, 2.24) is 10.6 Å². The third kappa shape index (κ3) is 4.22. The number of hydrogen-bond donors (Lipinski definition) is 3. The molecule has 1 atom stereocenters. The lowest BCUT2D eigenvalue weighted by molar-refractivity contribution is -0.113. The molecule has 2 aromatic rings. The second-order valence-corrected chi connectivity index (χ2v) is 8.17. The molecule has 0 spiro atoms. The minimum Gasteiger partial charge on any atom is -0.351 e. The van der Waals surface area contributed by atoms with Gasteiger partial charge in [0.1, 0.15) is 0 Å². The first-order valence-corrected chi connectivity index (χ1v) is 9.89. The fourth-order valence-electron chi connectivity index (χ4n) is 3.59. The van der Waals surface area contributed by atoms with Gasteiger partial charge in [0.15, 0.2) is 5.11 Å². The Morgan fingerprint density at radius 1 is 1.07 bits per heavy atom. The van der Waals surface area contributed by atoms with E-state index in [-0.39, 0.29) is 11.9 Å². The first-order chi connectivity index (χ1) is 12.8. The predicted octanol–water partition coefficient (Wildman–Crippen LogP) is 4.81. The molecule has 0 saturated carbocycles. The summed E-state index contributed by atoms with van der Waals surface area (Å²) in [4.78, 5) is 13.1. The van der Waals surface area contributed by atoms with Gasteiger partial charge in [0, 0.05) is 15.9 Å². The van der Waals surface area contributed by atoms with Crippen molar-refractivity contribution in [2.75, 3.05) is 5.32 Å². The van der Waals surface area contributed by atoms with E-state index in [2.05, 4.69) is 64.8 Å². The lowest BCUT2D eigenvalue weighted by atomic mass is 9.88. The van der Waals surface area contributed by atoms with E-state index in [4.69, 9.17) is 12.2 Å². The van der Waals surface area contributed by atoms with Crippen molar-refractivity contribution in [1.29, 1.82) is 0 Å². The number of hydrogen-bond acceptors (Lipinski definition) is 2. The van der Waals surface area contributed by atoms with Crippen LogP contribution in [0, 0.1) is 20.8 Å². The van der Waals surface area contributed by atoms with Crippen LogP contribution in [0.3, 0.4) is 0 Å². The second kappa shape index (κ2) is 7.82. The smallest absolute Gasteiger partial charge is 0.255 e. The van der Waals surface area contributed by atoms with Crippen molar-refractivity contribution in [3.63, 3.8) is 0 Å². The van der Waals surface area contributed by atoms with Crippen molar-refractivity contribution in [2.45, 2.75) is 33.7 Å². The van der Waals surface area contributed by atoms with Crippen LogP contribution >= 0.6 is 28.1 Å². The molecule has 1 aliphatic rings. The standard InChI is InChI=1S/C21H22BrN3OS/c1-11-9-12(2)17(13(3)10-11)19-18(14(4)23-21(27)25-19)20(26)24-16-7-5-15(22)6-8-16/h5-10,19H,1-4H3,(H,24,26)(H2,23,25,27)/t19-/m0/s1. The zero-order valence-corrected chi connectivity index (χ0v) is 18.1. The van der Waals surface area contributed by atoms with Gasteiger partial charge >= 0.3 is 0 Å². The van der Waals surface area contributed by atoms with Crippen LogP contribution in [0.15, 0.2) is 52.1 Å². The first-order valence-electron chi connectivity index (χ1n) is 8.69. The molecule has 0 aliphatic carbocycles. The fraction of sp³-hybridized carbons (Fsp3) is 0.238. The number of thiocarbonyl (C=S) groups is 1. The first kappa shape index (κ1) is 19.6. The van der Waals surface area contributed by atoms with E-state index < -0.39 is 0 Å². The number of benzene rings is 2. The van der Waals surface area contributed by atoms with Crippen LogP contribution in [-0.4, -0.2) is 11.0 Å². The van der Waals surface area contributed by atoms with Crippen molar-refractivity contribution >= 4 is 44.9 Å². The molecule has 0 saturated heterocycles. The highest BCUT2D eigenvalue weighted by Crippen LogP contribution is 2.32. The largest absolute Gasteiger partial charge is 0.351 e. The van der Waals surface area contributed by atoms with Gasteiger partial charge in [-0.15, -0.1) is 0 Å². The molecule has 0 bridgehead atoms. The van der Waals surface area contributed by atoms with Gasteiger partial charge < -0.3 is 16.0 Å². The van der Waals surface area contributed by atoms with Crippen LogP contribution < -0.4 is 16.0 Å². The van der Waals surface area contributed by atoms with Gasteiger partial charge in [-0.25, -0.2) is 0 Å². The maximum absolute atomic E-state index is 13.1. The molecule has 1 aliphatic heterocycles. The topological polar surface area (TPSA) is 53.2 Å². The zero-order chi connectivity index (χ0) is 19.7. The molecular weight excluding hydrogens is 422 g/mol. The van der Waals surface area contributed by atoms with E-state index >= 15 is 0 Å². The van der Waals surface area contributed by atoms with Gasteiger partial charge in [-0.05, 0) is 80.9 Å². The van der Waals surface area contributed by atoms with E-state index in [1.54, 1.807) is 0 Å². The molecule has 140 valence electrons. The summed E-state index contributed by atoms with van der Waals surface area (Å²) in [7, 11) is 0. The number of carbonyl (C=O) groups is 1. The third-order valence-corrected chi connectivity index (χ3v) is 5.39. The van der Waals surface area contributed by atoms with Gasteiger partial charge in [-0.1, -0.05) is 33.6 Å². The van der Waals surface area contributed by atoms with Crippen LogP contribution in [0.25, 0.3) is 0 Å². The summed E-state index contributed by atoms with van der Waals surface area (Å²) in [5.41, 5.74) is 6.71. The second-order valence-electron chi connectivity index (χ2n) is 6.84. The molecule has 4 nitrogen and oxygen atoms in total. The van der Waals surface area contributed by atoms with Gasteiger partial charge in [0.25, 0.3) is 5.91 Å². The minimum atomic E-state index is -0.296. The van der Waals surface area contributed by atoms with Crippen molar-refractivity contribution in [2.24, 2.45) is 0 Å². The summed E-state index contributed by atoms with van der Waals surface area (Å²) in [6.07, 6.45) is 0. The van der Waals surface area contributed by atoms with Crippen LogP contribution in [0.4, 0.5) is 5.69 Å². The van der Waals surface area contributed by atoms with Crippen molar-refractivity contribution < 1.29 is 4.79 Å². The summed E-state index contributed by atoms with van der Waals surface area (Å²) in [6.45, 7) is 8.10. The van der Waals surface area contributed by atoms with Gasteiger partial charge in [-0.2, -0.15) is 0 Å². The normalized spacial score (nSPS) is 16.6. The van der Waals surface area contributed by atoms with Gasteiger partial charge in [0.05, 0.1) is 11.6 Å². The maximum Gasteiger partial charge on any atom is 0.255 e. The average molecular weight is 444 g/mol. The number of anilines is 1. The third-order valence-electron chi connectivity index (χ3n) is 4.64. The molecule has 0 radical (unpaired) electrons. The Labute approximate surface area is 173 Å². The number of aryl methyl sites for hydroxylation is 3. The lowest BCUT2D eigenvalue weighted by Crippen LogP contribution is -2.46. The van der Waals surface area contributed by atoms with E-state index in [0.717, 1.165) is 32.5 Å². The zero-order valence-electron chi connectivity index (χ0n) is 15.7. The summed E-state index contributed by atoms with van der Waals surface area (Å²) in [5.74, 6) is -0.151. The van der Waals surface area contributed by atoms with Gasteiger partial charge in [0.2, 0.25) is 0 Å². The highest BCUT2D eigenvalue weighted by Gasteiger charge is 2.31. The van der Waals surface area contributed by atoms with Crippen LogP contribution in [0.1, 0.15) is 35.2 Å². The molecule has 0 unspecified atom stereocenters. The van der Waals surface area contributed by atoms with E-state index in [9.17, 15) is 4.79 Å². The molecule has 0 aromatic heterocycles. The Bertz CT molecular complexity index is 927. The number of nitrogens with one attached hydrogen (secondary N) is 3. The van der Waals surface area contributed by atoms with Crippen LogP contribution in [0.5, 0.6) is 0 Å². The number of carbonyl (C=O) groups excluding carboxylic acids is 1. The molecule has 0 fully saturated rings. The van der Waals surface area contributed by atoms with Crippen molar-refractivity contribution in [3.05, 3.63) is 74.4 Å². The highest BCUT2D eigenvalue weighted by atomic mass is 79.9. The fourth-order valence-corrected chi connectivity index (χ4v) is 4.12. The minimum absolute atomic E-state index is 0.151. The molecule has 2 aromatic carbocycles. The average Bonchev–Trinajstić information content (AvgIpc) is 2.55. The van der Waals surface area contributed by atoms with E-state index in [1.165, 1.54) is 5.56 Å². The van der Waals surface area contributed by atoms with Crippen LogP contribution in [-0.2, 0) is 4.79 Å². The van der Waals surface area contributed by atoms with E-state index in [1.807, 2.05) is 31.2 Å². The quantitative estimate of drug-likeness (QED) is 0.595. The predicted molar refractivity (Wildman–Crippen MR) is 118 cm³/mol. The Kier molecular flexibility index (Phi) is 5.67. The number of allylic oxidation sites excluding steroid dienone is 1. The summed E-state index contributed by atoms with van der Waals surface area (Å²) >= 11 is 8.77.